The average molecular weight is 436 g/mol. The topological polar surface area (TPSA) is 0 Å². The molecule has 0 aromatic heterocycles. The van der Waals surface area contributed by atoms with Gasteiger partial charge in [0.2, 0.25) is 0 Å². The first-order chi connectivity index (χ1) is 8.01. The van der Waals surface area contributed by atoms with Crippen LogP contribution in [0.2, 0.25) is 0 Å². The van der Waals surface area contributed by atoms with Gasteiger partial charge >= 0.3 is 43.0 Å². The Morgan fingerprint density at radius 1 is 1.06 bits per heavy atom. The van der Waals surface area contributed by atoms with Gasteiger partial charge in [-0.1, -0.05) is 37.6 Å². The van der Waals surface area contributed by atoms with E-state index in [0.717, 1.165) is 0 Å². The van der Waals surface area contributed by atoms with Crippen molar-refractivity contribution in [2.45, 2.75) is 33.6 Å². The van der Waals surface area contributed by atoms with Crippen molar-refractivity contribution in [3.8, 4) is 0 Å². The summed E-state index contributed by atoms with van der Waals surface area (Å²) in [6, 6.07) is 4.50. The maximum absolute atomic E-state index is 3.23. The quantitative estimate of drug-likeness (QED) is 0.524. The fourth-order valence-electron chi connectivity index (χ4n) is 2.12. The first-order valence-corrected chi connectivity index (χ1v) is 16.9. The summed E-state index contributed by atoms with van der Waals surface area (Å²) in [5.74, 6) is 0.611. The molecule has 0 amide bonds. The van der Waals surface area contributed by atoms with Crippen molar-refractivity contribution in [1.82, 2.24) is 0 Å². The Balaban J connectivity index is 0.000000437. The zero-order valence-corrected chi connectivity index (χ0v) is 16.3. The van der Waals surface area contributed by atoms with Crippen LogP contribution in [0.25, 0.3) is 6.08 Å². The Morgan fingerprint density at radius 2 is 1.65 bits per heavy atom. The number of aryl methyl sites for hydroxylation is 1. The van der Waals surface area contributed by atoms with E-state index in [1.54, 1.807) is 0 Å². The number of fused-ring (bicyclic) bond motifs is 1. The summed E-state index contributed by atoms with van der Waals surface area (Å²) < 4.78 is 0. The fourth-order valence-corrected chi connectivity index (χ4v) is 2.12. The average Bonchev–Trinajstić information content (AvgIpc) is 2.61. The van der Waals surface area contributed by atoms with Crippen LogP contribution in [0.5, 0.6) is 0 Å². The van der Waals surface area contributed by atoms with Crippen LogP contribution in [0.15, 0.2) is 17.7 Å². The van der Waals surface area contributed by atoms with Crippen molar-refractivity contribution < 1.29 is 18.5 Å². The third-order valence-electron chi connectivity index (χ3n) is 2.90. The molecule has 0 heterocycles. The molecule has 0 N–H and O–H groups in total. The van der Waals surface area contributed by atoms with Crippen LogP contribution in [0.1, 0.15) is 48.9 Å². The summed E-state index contributed by atoms with van der Waals surface area (Å²) in [5.41, 5.74) is 7.10. The van der Waals surface area contributed by atoms with Crippen LogP contribution < -0.4 is 0 Å². The normalized spacial score (nSPS) is 12.8. The molecule has 0 saturated heterocycles. The van der Waals surface area contributed by atoms with Gasteiger partial charge in [0.25, 0.3) is 0 Å². The molecule has 17 heavy (non-hydrogen) atoms. The molecule has 2 rings (SSSR count). The molecule has 91 valence electrons. The molecule has 0 fully saturated rings. The van der Waals surface area contributed by atoms with Crippen LogP contribution in [-0.4, -0.2) is 0 Å². The van der Waals surface area contributed by atoms with Crippen molar-refractivity contribution in [3.63, 3.8) is 0 Å². The van der Waals surface area contributed by atoms with Crippen LogP contribution in [0.3, 0.4) is 0 Å². The molecule has 0 spiro atoms. The van der Waals surface area contributed by atoms with Crippen LogP contribution in [0.4, 0.5) is 0 Å². The third kappa shape index (κ3) is 4.15. The SMILES string of the molecule is CC1=Cc2c(C(C)C)ccc(C)c2[CH]1.[Br][Zr][Br]. The number of allylic oxidation sites excluding steroid dienone is 1. The van der Waals surface area contributed by atoms with Crippen molar-refractivity contribution in [3.05, 3.63) is 46.4 Å². The molecule has 1 aromatic carbocycles. The molecular formula is C14H17Br2Zr. The van der Waals surface area contributed by atoms with Gasteiger partial charge in [-0.05, 0) is 42.0 Å². The van der Waals surface area contributed by atoms with Crippen LogP contribution >= 0.6 is 24.4 Å². The van der Waals surface area contributed by atoms with Gasteiger partial charge in [0.1, 0.15) is 0 Å². The zero-order chi connectivity index (χ0) is 13.0. The minimum absolute atomic E-state index is 0.145. The molecule has 0 unspecified atom stereocenters. The van der Waals surface area contributed by atoms with E-state index in [1.807, 2.05) is 0 Å². The van der Waals surface area contributed by atoms with Crippen molar-refractivity contribution in [2.75, 3.05) is 0 Å². The van der Waals surface area contributed by atoms with Crippen molar-refractivity contribution >= 4 is 30.5 Å². The second-order valence-electron chi connectivity index (χ2n) is 4.56. The number of rotatable bonds is 1. The second kappa shape index (κ2) is 7.41. The number of hydrogen-bond acceptors (Lipinski definition) is 0. The summed E-state index contributed by atoms with van der Waals surface area (Å²) in [5, 5.41) is 0. The molecule has 0 saturated carbocycles. The van der Waals surface area contributed by atoms with Gasteiger partial charge in [-0.15, -0.1) is 0 Å². The van der Waals surface area contributed by atoms with Crippen LogP contribution in [0, 0.1) is 13.3 Å². The molecule has 0 bridgehead atoms. The van der Waals surface area contributed by atoms with E-state index in [1.165, 1.54) is 27.8 Å². The standard InChI is InChI=1S/C14H17.2BrH.Zr/c1-9(2)12-6-5-11(4)13-7-10(3)8-14(12)13;;;/h5-9H,1-4H3;2*1H;/q;;;+2/p-2. The molecular weight excluding hydrogens is 419 g/mol. The van der Waals surface area contributed by atoms with Gasteiger partial charge in [-0.2, -0.15) is 0 Å². The number of benzene rings is 1. The van der Waals surface area contributed by atoms with E-state index in [9.17, 15) is 0 Å². The van der Waals surface area contributed by atoms with Gasteiger partial charge in [0, 0.05) is 6.42 Å². The summed E-state index contributed by atoms with van der Waals surface area (Å²) in [7, 11) is 0. The van der Waals surface area contributed by atoms with Crippen LogP contribution in [-0.2, 0) is 18.5 Å². The first kappa shape index (κ1) is 15.9. The fraction of sp³-hybridized carbons (Fsp3) is 0.357. The minimum atomic E-state index is -0.145. The van der Waals surface area contributed by atoms with E-state index < -0.39 is 0 Å². The summed E-state index contributed by atoms with van der Waals surface area (Å²) in [6.45, 7) is 8.87. The predicted octanol–water partition coefficient (Wildman–Crippen LogP) is 5.78. The maximum atomic E-state index is 3.23. The Morgan fingerprint density at radius 3 is 2.18 bits per heavy atom. The van der Waals surface area contributed by atoms with E-state index in [-0.39, 0.29) is 18.5 Å². The van der Waals surface area contributed by atoms with Gasteiger partial charge in [0.05, 0.1) is 0 Å². The van der Waals surface area contributed by atoms with Gasteiger partial charge in [0.15, 0.2) is 0 Å². The second-order valence-corrected chi connectivity index (χ2v) is 15.9. The Labute approximate surface area is 128 Å². The molecule has 0 atom stereocenters. The van der Waals surface area contributed by atoms with Crippen molar-refractivity contribution in [2.24, 2.45) is 0 Å². The monoisotopic (exact) mass is 433 g/mol. The predicted molar refractivity (Wildman–Crippen MR) is 80.2 cm³/mol. The van der Waals surface area contributed by atoms with Gasteiger partial charge in [-0.25, -0.2) is 0 Å². The molecule has 1 aliphatic rings. The summed E-state index contributed by atoms with van der Waals surface area (Å²) >= 11 is 6.32. The molecule has 1 aliphatic carbocycles. The van der Waals surface area contributed by atoms with E-state index in [0.29, 0.717) is 5.92 Å². The molecule has 1 radical (unpaired) electrons. The molecule has 1 aromatic rings. The van der Waals surface area contributed by atoms with E-state index in [2.05, 4.69) is 76.8 Å². The third-order valence-corrected chi connectivity index (χ3v) is 2.90. The summed E-state index contributed by atoms with van der Waals surface area (Å²) in [6.07, 6.45) is 4.59. The number of hydrogen-bond donors (Lipinski definition) is 0. The molecule has 3 heteroatoms. The van der Waals surface area contributed by atoms with Gasteiger partial charge < -0.3 is 0 Å². The number of halogens is 2. The first-order valence-electron chi connectivity index (χ1n) is 5.64. The van der Waals surface area contributed by atoms with E-state index in [4.69, 9.17) is 0 Å². The van der Waals surface area contributed by atoms with Crippen molar-refractivity contribution in [1.29, 1.82) is 0 Å². The Hall–Kier alpha value is 0.803. The molecule has 0 nitrogen and oxygen atoms in total. The summed E-state index contributed by atoms with van der Waals surface area (Å²) in [4.78, 5) is 0. The van der Waals surface area contributed by atoms with Gasteiger partial charge in [-0.3, -0.25) is 0 Å². The Kier molecular flexibility index (Phi) is 6.91. The zero-order valence-electron chi connectivity index (χ0n) is 10.6. The Bertz CT molecular complexity index is 422. The molecule has 0 aliphatic heterocycles. The van der Waals surface area contributed by atoms with E-state index >= 15 is 0 Å².